The Morgan fingerprint density at radius 3 is 3.00 bits per heavy atom. The minimum absolute atomic E-state index is 0.0423. The van der Waals surface area contributed by atoms with E-state index in [-0.39, 0.29) is 5.69 Å². The van der Waals surface area contributed by atoms with E-state index in [9.17, 15) is 15.2 Å². The lowest BCUT2D eigenvalue weighted by molar-refractivity contribution is -0.384. The van der Waals surface area contributed by atoms with Gasteiger partial charge in [-0.2, -0.15) is 0 Å². The molecular formula is C9H10N4O3. The zero-order valence-electron chi connectivity index (χ0n) is 8.57. The first kappa shape index (κ1) is 10.5. The van der Waals surface area contributed by atoms with Crippen molar-refractivity contribution in [2.24, 2.45) is 0 Å². The summed E-state index contributed by atoms with van der Waals surface area (Å²) in [6.45, 7) is 1.79. The molecule has 2 aromatic rings. The maximum Gasteiger partial charge on any atom is 0.271 e. The highest BCUT2D eigenvalue weighted by molar-refractivity contribution is 5.77. The van der Waals surface area contributed by atoms with Gasteiger partial charge in [0.25, 0.3) is 5.69 Å². The summed E-state index contributed by atoms with van der Waals surface area (Å²) in [6, 6.07) is 4.23. The molecule has 1 atom stereocenters. The molecule has 0 spiro atoms. The van der Waals surface area contributed by atoms with Gasteiger partial charge >= 0.3 is 0 Å². The van der Waals surface area contributed by atoms with Gasteiger partial charge in [-0.1, -0.05) is 12.1 Å². The van der Waals surface area contributed by atoms with E-state index in [1.165, 1.54) is 22.9 Å². The predicted octanol–water partition coefficient (Wildman–Crippen LogP) is 1.24. The van der Waals surface area contributed by atoms with Gasteiger partial charge < -0.3 is 5.11 Å². The van der Waals surface area contributed by atoms with E-state index in [1.54, 1.807) is 6.92 Å². The van der Waals surface area contributed by atoms with E-state index in [2.05, 4.69) is 10.3 Å². The van der Waals surface area contributed by atoms with Crippen LogP contribution in [-0.2, 0) is 0 Å². The Bertz CT molecular complexity index is 537. The zero-order valence-corrected chi connectivity index (χ0v) is 8.57. The Balaban J connectivity index is 2.60. The van der Waals surface area contributed by atoms with Crippen molar-refractivity contribution < 1.29 is 10.0 Å². The fourth-order valence-corrected chi connectivity index (χ4v) is 1.43. The van der Waals surface area contributed by atoms with E-state index in [4.69, 9.17) is 0 Å². The number of nitro groups is 1. The Kier molecular flexibility index (Phi) is 2.53. The standard InChI is InChI=1S/C9H10N4O3/c1-2-9(14)12-8-5-6(13(15)16)3-4-7(8)10-11-12/h3-5,9,14H,2H2,1H3. The molecule has 1 heterocycles. The van der Waals surface area contributed by atoms with Crippen molar-refractivity contribution in [3.63, 3.8) is 0 Å². The van der Waals surface area contributed by atoms with E-state index in [0.717, 1.165) is 0 Å². The summed E-state index contributed by atoms with van der Waals surface area (Å²) in [6.07, 6.45) is -0.353. The van der Waals surface area contributed by atoms with Gasteiger partial charge in [0.05, 0.1) is 10.4 Å². The average molecular weight is 222 g/mol. The molecule has 2 rings (SSSR count). The van der Waals surface area contributed by atoms with Crippen LogP contribution in [-0.4, -0.2) is 25.0 Å². The maximum absolute atomic E-state index is 10.6. The molecule has 0 fully saturated rings. The third-order valence-electron chi connectivity index (χ3n) is 2.31. The molecule has 1 aromatic heterocycles. The lowest BCUT2D eigenvalue weighted by Gasteiger charge is -2.07. The first-order chi connectivity index (χ1) is 7.63. The molecule has 7 heteroatoms. The molecule has 0 aliphatic heterocycles. The molecule has 1 unspecified atom stereocenters. The molecule has 0 aliphatic carbocycles. The fourth-order valence-electron chi connectivity index (χ4n) is 1.43. The number of benzene rings is 1. The normalized spacial score (nSPS) is 12.9. The van der Waals surface area contributed by atoms with Crippen LogP contribution >= 0.6 is 0 Å². The molecule has 0 saturated heterocycles. The van der Waals surface area contributed by atoms with Crippen molar-refractivity contribution in [2.75, 3.05) is 0 Å². The number of hydrogen-bond donors (Lipinski definition) is 1. The zero-order chi connectivity index (χ0) is 11.7. The predicted molar refractivity (Wildman–Crippen MR) is 55.7 cm³/mol. The lowest BCUT2D eigenvalue weighted by atomic mass is 10.2. The van der Waals surface area contributed by atoms with Crippen LogP contribution in [0, 0.1) is 10.1 Å². The summed E-state index contributed by atoms with van der Waals surface area (Å²) in [7, 11) is 0. The van der Waals surface area contributed by atoms with Crippen LogP contribution in [0.15, 0.2) is 18.2 Å². The van der Waals surface area contributed by atoms with Gasteiger partial charge in [0.2, 0.25) is 0 Å². The number of rotatable bonds is 3. The van der Waals surface area contributed by atoms with E-state index >= 15 is 0 Å². The molecule has 0 radical (unpaired) electrons. The van der Waals surface area contributed by atoms with Gasteiger partial charge in [-0.3, -0.25) is 10.1 Å². The first-order valence-electron chi connectivity index (χ1n) is 4.81. The van der Waals surface area contributed by atoms with Crippen molar-refractivity contribution in [3.05, 3.63) is 28.3 Å². The molecule has 1 aromatic carbocycles. The average Bonchev–Trinajstić information content (AvgIpc) is 2.70. The van der Waals surface area contributed by atoms with Crippen molar-refractivity contribution in [2.45, 2.75) is 19.6 Å². The number of non-ortho nitro benzene ring substituents is 1. The number of aliphatic hydroxyl groups excluding tert-OH is 1. The van der Waals surface area contributed by atoms with Gasteiger partial charge in [0.15, 0.2) is 0 Å². The number of aliphatic hydroxyl groups is 1. The number of fused-ring (bicyclic) bond motifs is 1. The molecule has 0 saturated carbocycles. The summed E-state index contributed by atoms with van der Waals surface area (Å²) in [5.74, 6) is 0. The highest BCUT2D eigenvalue weighted by atomic mass is 16.6. The van der Waals surface area contributed by atoms with Crippen LogP contribution in [0.25, 0.3) is 11.0 Å². The minimum atomic E-state index is -0.813. The molecule has 7 nitrogen and oxygen atoms in total. The maximum atomic E-state index is 10.6. The SMILES string of the molecule is CCC(O)n1nnc2ccc([N+](=O)[O-])cc21. The fraction of sp³-hybridized carbons (Fsp3) is 0.333. The highest BCUT2D eigenvalue weighted by Crippen LogP contribution is 2.21. The Morgan fingerprint density at radius 1 is 1.62 bits per heavy atom. The van der Waals surface area contributed by atoms with Crippen molar-refractivity contribution >= 4 is 16.7 Å². The molecule has 0 bridgehead atoms. The molecule has 1 N–H and O–H groups in total. The number of nitrogens with zero attached hydrogens (tertiary/aromatic N) is 4. The largest absolute Gasteiger partial charge is 0.372 e. The minimum Gasteiger partial charge on any atom is -0.372 e. The molecular weight excluding hydrogens is 212 g/mol. The van der Waals surface area contributed by atoms with E-state index in [0.29, 0.717) is 17.5 Å². The van der Waals surface area contributed by atoms with Gasteiger partial charge in [0.1, 0.15) is 11.7 Å². The van der Waals surface area contributed by atoms with Gasteiger partial charge in [-0.15, -0.1) is 5.10 Å². The molecule has 16 heavy (non-hydrogen) atoms. The van der Waals surface area contributed by atoms with Crippen LogP contribution in [0.2, 0.25) is 0 Å². The van der Waals surface area contributed by atoms with Gasteiger partial charge in [0, 0.05) is 12.1 Å². The Morgan fingerprint density at radius 2 is 2.38 bits per heavy atom. The quantitative estimate of drug-likeness (QED) is 0.622. The second kappa shape index (κ2) is 3.86. The Hall–Kier alpha value is -2.02. The van der Waals surface area contributed by atoms with Crippen LogP contribution in [0.4, 0.5) is 5.69 Å². The molecule has 0 amide bonds. The lowest BCUT2D eigenvalue weighted by Crippen LogP contribution is -2.08. The van der Waals surface area contributed by atoms with Crippen molar-refractivity contribution in [1.82, 2.24) is 15.0 Å². The number of hydrogen-bond acceptors (Lipinski definition) is 5. The molecule has 84 valence electrons. The third kappa shape index (κ3) is 1.61. The summed E-state index contributed by atoms with van der Waals surface area (Å²) in [5.41, 5.74) is 0.945. The van der Waals surface area contributed by atoms with E-state index in [1.807, 2.05) is 0 Å². The van der Waals surface area contributed by atoms with Crippen molar-refractivity contribution in [3.8, 4) is 0 Å². The topological polar surface area (TPSA) is 94.1 Å². The van der Waals surface area contributed by atoms with Crippen LogP contribution < -0.4 is 0 Å². The number of aromatic nitrogens is 3. The second-order valence-corrected chi connectivity index (χ2v) is 3.35. The summed E-state index contributed by atoms with van der Waals surface area (Å²) in [5, 5.41) is 27.8. The highest BCUT2D eigenvalue weighted by Gasteiger charge is 2.14. The third-order valence-corrected chi connectivity index (χ3v) is 2.31. The van der Waals surface area contributed by atoms with Gasteiger partial charge in [-0.25, -0.2) is 4.68 Å². The van der Waals surface area contributed by atoms with Crippen molar-refractivity contribution in [1.29, 1.82) is 0 Å². The monoisotopic (exact) mass is 222 g/mol. The first-order valence-corrected chi connectivity index (χ1v) is 4.81. The van der Waals surface area contributed by atoms with Crippen LogP contribution in [0.5, 0.6) is 0 Å². The Labute approximate surface area is 90.5 Å². The van der Waals surface area contributed by atoms with Crippen LogP contribution in [0.1, 0.15) is 19.6 Å². The molecule has 0 aliphatic rings. The smallest absolute Gasteiger partial charge is 0.271 e. The van der Waals surface area contributed by atoms with Gasteiger partial charge in [-0.05, 0) is 12.5 Å². The summed E-state index contributed by atoms with van der Waals surface area (Å²) < 4.78 is 1.28. The summed E-state index contributed by atoms with van der Waals surface area (Å²) in [4.78, 5) is 10.1. The van der Waals surface area contributed by atoms with Crippen LogP contribution in [0.3, 0.4) is 0 Å². The second-order valence-electron chi connectivity index (χ2n) is 3.35. The number of nitro benzene ring substituents is 1. The summed E-state index contributed by atoms with van der Waals surface area (Å²) >= 11 is 0. The van der Waals surface area contributed by atoms with E-state index < -0.39 is 11.2 Å².